The van der Waals surface area contributed by atoms with Gasteiger partial charge in [-0.1, -0.05) is 0 Å². The second kappa shape index (κ2) is 6.69. The van der Waals surface area contributed by atoms with Crippen LogP contribution >= 0.6 is 0 Å². The summed E-state index contributed by atoms with van der Waals surface area (Å²) in [6, 6.07) is 1.46. The summed E-state index contributed by atoms with van der Waals surface area (Å²) in [5, 5.41) is 13.8. The Kier molecular flexibility index (Phi) is 4.70. The third kappa shape index (κ3) is 3.91. The molecular weight excluding hydrogens is 270 g/mol. The molecule has 0 saturated carbocycles. The monoisotopic (exact) mass is 289 g/mol. The molecular formula is C13H19N7O. The van der Waals surface area contributed by atoms with Crippen molar-refractivity contribution in [3.8, 4) is 0 Å². The summed E-state index contributed by atoms with van der Waals surface area (Å²) < 4.78 is 0. The number of hydrogen-bond acceptors (Lipinski definition) is 5. The minimum Gasteiger partial charge on any atom is -0.375 e. The van der Waals surface area contributed by atoms with Gasteiger partial charge < -0.3 is 15.5 Å². The molecule has 0 radical (unpaired) electrons. The fourth-order valence-corrected chi connectivity index (χ4v) is 1.75. The number of nitrogens with zero attached hydrogens (tertiary/aromatic N) is 5. The van der Waals surface area contributed by atoms with Gasteiger partial charge in [-0.15, -0.1) is 0 Å². The van der Waals surface area contributed by atoms with Gasteiger partial charge >= 0.3 is 6.03 Å². The van der Waals surface area contributed by atoms with Crippen LogP contribution in [0.2, 0.25) is 0 Å². The fraction of sp³-hybridized carbons (Fsp3) is 0.385. The highest BCUT2D eigenvalue weighted by atomic mass is 16.2. The largest absolute Gasteiger partial charge is 0.375 e. The van der Waals surface area contributed by atoms with Crippen LogP contribution in [0.4, 0.5) is 16.2 Å². The smallest absolute Gasteiger partial charge is 0.319 e. The second-order valence-corrected chi connectivity index (χ2v) is 4.62. The molecule has 0 unspecified atom stereocenters. The van der Waals surface area contributed by atoms with Crippen LogP contribution in [0.25, 0.3) is 0 Å². The SMILES string of the molecule is CCn1ncc(CNC(=O)Nc2ccncc2N(C)C)n1. The molecule has 2 aromatic rings. The summed E-state index contributed by atoms with van der Waals surface area (Å²) in [5.74, 6) is 0. The average Bonchev–Trinajstić information content (AvgIpc) is 2.93. The topological polar surface area (TPSA) is 88.0 Å². The van der Waals surface area contributed by atoms with E-state index < -0.39 is 0 Å². The lowest BCUT2D eigenvalue weighted by Gasteiger charge is -2.17. The van der Waals surface area contributed by atoms with E-state index in [0.717, 1.165) is 11.4 Å². The molecule has 2 amide bonds. The van der Waals surface area contributed by atoms with Crippen molar-refractivity contribution in [2.45, 2.75) is 20.0 Å². The molecule has 0 aromatic carbocycles. The van der Waals surface area contributed by atoms with E-state index in [0.29, 0.717) is 18.8 Å². The molecule has 0 bridgehead atoms. The number of carbonyl (C=O) groups excluding carboxylic acids is 1. The maximum absolute atomic E-state index is 11.9. The predicted octanol–water partition coefficient (Wildman–Crippen LogP) is 1.08. The standard InChI is InChI=1S/C13H19N7O/c1-4-20-16-8-10(18-20)7-15-13(21)17-11-5-6-14-9-12(11)19(2)3/h5-6,8-9H,4,7H2,1-3H3,(H2,14,15,17,21). The average molecular weight is 289 g/mol. The fourth-order valence-electron chi connectivity index (χ4n) is 1.75. The Morgan fingerprint density at radius 1 is 1.38 bits per heavy atom. The minimum absolute atomic E-state index is 0.296. The Morgan fingerprint density at radius 3 is 2.86 bits per heavy atom. The van der Waals surface area contributed by atoms with Crippen molar-refractivity contribution in [3.05, 3.63) is 30.4 Å². The number of hydrogen-bond donors (Lipinski definition) is 2. The Hall–Kier alpha value is -2.64. The number of anilines is 2. The zero-order valence-electron chi connectivity index (χ0n) is 12.4. The van der Waals surface area contributed by atoms with Gasteiger partial charge in [0.1, 0.15) is 5.69 Å². The van der Waals surface area contributed by atoms with E-state index in [4.69, 9.17) is 0 Å². The normalized spacial score (nSPS) is 10.2. The van der Waals surface area contributed by atoms with E-state index in [1.165, 1.54) is 0 Å². The molecule has 2 rings (SSSR count). The summed E-state index contributed by atoms with van der Waals surface area (Å²) in [7, 11) is 3.78. The summed E-state index contributed by atoms with van der Waals surface area (Å²) in [4.78, 5) is 19.4. The van der Waals surface area contributed by atoms with Crippen molar-refractivity contribution in [3.63, 3.8) is 0 Å². The van der Waals surface area contributed by atoms with Gasteiger partial charge in [-0.3, -0.25) is 4.98 Å². The molecule has 0 fully saturated rings. The van der Waals surface area contributed by atoms with Gasteiger partial charge in [-0.05, 0) is 13.0 Å². The van der Waals surface area contributed by atoms with Gasteiger partial charge in [0.25, 0.3) is 0 Å². The molecule has 8 nitrogen and oxygen atoms in total. The van der Waals surface area contributed by atoms with Gasteiger partial charge in [-0.25, -0.2) is 4.79 Å². The molecule has 112 valence electrons. The quantitative estimate of drug-likeness (QED) is 0.860. The maximum atomic E-state index is 11.9. The number of carbonyl (C=O) groups is 1. The van der Waals surface area contributed by atoms with Gasteiger partial charge in [0, 0.05) is 20.3 Å². The summed E-state index contributed by atoms with van der Waals surface area (Å²) in [5.41, 5.74) is 2.25. The van der Waals surface area contributed by atoms with Gasteiger partial charge in [0.05, 0.1) is 36.9 Å². The van der Waals surface area contributed by atoms with Crippen LogP contribution in [0.15, 0.2) is 24.7 Å². The molecule has 0 spiro atoms. The summed E-state index contributed by atoms with van der Waals surface area (Å²) in [6.45, 7) is 2.99. The van der Waals surface area contributed by atoms with E-state index in [1.807, 2.05) is 25.9 Å². The first-order valence-electron chi connectivity index (χ1n) is 6.65. The molecule has 0 aliphatic carbocycles. The van der Waals surface area contributed by atoms with Crippen LogP contribution in [0, 0.1) is 0 Å². The van der Waals surface area contributed by atoms with E-state index in [-0.39, 0.29) is 6.03 Å². The van der Waals surface area contributed by atoms with Crippen molar-refractivity contribution >= 4 is 17.4 Å². The van der Waals surface area contributed by atoms with Crippen LogP contribution in [-0.4, -0.2) is 40.1 Å². The number of aryl methyl sites for hydroxylation is 1. The van der Waals surface area contributed by atoms with Gasteiger partial charge in [-0.2, -0.15) is 15.0 Å². The molecule has 2 N–H and O–H groups in total. The zero-order chi connectivity index (χ0) is 15.2. The minimum atomic E-state index is -0.296. The molecule has 2 aromatic heterocycles. The lowest BCUT2D eigenvalue weighted by atomic mass is 10.3. The highest BCUT2D eigenvalue weighted by molar-refractivity contribution is 5.92. The van der Waals surface area contributed by atoms with Crippen LogP contribution in [0.3, 0.4) is 0 Å². The highest BCUT2D eigenvalue weighted by Gasteiger charge is 2.08. The van der Waals surface area contributed by atoms with Crippen molar-refractivity contribution < 1.29 is 4.79 Å². The number of nitrogens with one attached hydrogen (secondary N) is 2. The maximum Gasteiger partial charge on any atom is 0.319 e. The first-order valence-corrected chi connectivity index (χ1v) is 6.65. The molecule has 0 aliphatic rings. The number of rotatable bonds is 5. The van der Waals surface area contributed by atoms with E-state index in [9.17, 15) is 4.79 Å². The summed E-state index contributed by atoms with van der Waals surface area (Å²) in [6.07, 6.45) is 4.97. The van der Waals surface area contributed by atoms with Crippen LogP contribution in [0.1, 0.15) is 12.6 Å². The third-order valence-electron chi connectivity index (χ3n) is 2.83. The van der Waals surface area contributed by atoms with Gasteiger partial charge in [0.15, 0.2) is 0 Å². The first-order chi connectivity index (χ1) is 10.1. The number of pyridine rings is 1. The molecule has 8 heteroatoms. The Bertz CT molecular complexity index is 608. The van der Waals surface area contributed by atoms with E-state index in [1.54, 1.807) is 29.5 Å². The van der Waals surface area contributed by atoms with Crippen molar-refractivity contribution in [2.75, 3.05) is 24.3 Å². The zero-order valence-corrected chi connectivity index (χ0v) is 12.4. The lowest BCUT2D eigenvalue weighted by molar-refractivity contribution is 0.251. The van der Waals surface area contributed by atoms with Crippen LogP contribution < -0.4 is 15.5 Å². The molecule has 0 aliphatic heterocycles. The lowest BCUT2D eigenvalue weighted by Crippen LogP contribution is -2.29. The predicted molar refractivity (Wildman–Crippen MR) is 80.1 cm³/mol. The van der Waals surface area contributed by atoms with Gasteiger partial charge in [0.2, 0.25) is 0 Å². The first kappa shape index (κ1) is 14.8. The van der Waals surface area contributed by atoms with Crippen molar-refractivity contribution in [1.29, 1.82) is 0 Å². The molecule has 2 heterocycles. The van der Waals surface area contributed by atoms with Crippen molar-refractivity contribution in [2.24, 2.45) is 0 Å². The second-order valence-electron chi connectivity index (χ2n) is 4.62. The van der Waals surface area contributed by atoms with Crippen molar-refractivity contribution in [1.82, 2.24) is 25.3 Å². The Labute approximate surface area is 123 Å². The van der Waals surface area contributed by atoms with Crippen LogP contribution in [0.5, 0.6) is 0 Å². The Balaban J connectivity index is 1.93. The third-order valence-corrected chi connectivity index (χ3v) is 2.83. The highest BCUT2D eigenvalue weighted by Crippen LogP contribution is 2.21. The number of urea groups is 1. The molecule has 0 saturated heterocycles. The Morgan fingerprint density at radius 2 is 2.19 bits per heavy atom. The van der Waals surface area contributed by atoms with Crippen LogP contribution in [-0.2, 0) is 13.1 Å². The summed E-state index contributed by atoms with van der Waals surface area (Å²) >= 11 is 0. The number of aromatic nitrogens is 4. The number of amides is 2. The van der Waals surface area contributed by atoms with E-state index in [2.05, 4.69) is 25.8 Å². The molecule has 21 heavy (non-hydrogen) atoms. The van der Waals surface area contributed by atoms with E-state index >= 15 is 0 Å². The molecule has 0 atom stereocenters.